The predicted molar refractivity (Wildman–Crippen MR) is 71.8 cm³/mol. The first kappa shape index (κ1) is 12.8. The van der Waals surface area contributed by atoms with Gasteiger partial charge in [-0.25, -0.2) is 9.89 Å². The lowest BCUT2D eigenvalue weighted by atomic mass is 9.97. The quantitative estimate of drug-likeness (QED) is 0.746. The Hall–Kier alpha value is -1.26. The van der Waals surface area contributed by atoms with E-state index in [9.17, 15) is 10.1 Å². The minimum absolute atomic E-state index is 0.216. The molecule has 6 nitrogen and oxygen atoms in total. The van der Waals surface area contributed by atoms with Crippen molar-refractivity contribution in [1.29, 1.82) is 5.26 Å². The van der Waals surface area contributed by atoms with E-state index < -0.39 is 5.54 Å². The van der Waals surface area contributed by atoms with E-state index in [0.717, 1.165) is 12.8 Å². The van der Waals surface area contributed by atoms with Gasteiger partial charge in [-0.1, -0.05) is 11.8 Å². The van der Waals surface area contributed by atoms with Crippen molar-refractivity contribution in [2.45, 2.75) is 42.4 Å². The number of aromatic nitrogens is 3. The Morgan fingerprint density at radius 2 is 2.32 bits per heavy atom. The Morgan fingerprint density at radius 1 is 1.58 bits per heavy atom. The van der Waals surface area contributed by atoms with E-state index in [1.165, 1.54) is 29.2 Å². The van der Waals surface area contributed by atoms with Gasteiger partial charge in [0.25, 0.3) is 0 Å². The molecule has 1 unspecified atom stereocenters. The van der Waals surface area contributed by atoms with E-state index in [0.29, 0.717) is 22.9 Å². The van der Waals surface area contributed by atoms with Gasteiger partial charge in [0.05, 0.1) is 6.07 Å². The second-order valence-electron chi connectivity index (χ2n) is 5.44. The molecule has 2 aliphatic carbocycles. The number of hydrogen-bond acceptors (Lipinski definition) is 5. The third-order valence-corrected chi connectivity index (χ3v) is 5.00. The largest absolute Gasteiger partial charge is 0.343 e. The average molecular weight is 279 g/mol. The van der Waals surface area contributed by atoms with Crippen LogP contribution in [0.3, 0.4) is 0 Å². The van der Waals surface area contributed by atoms with E-state index in [4.69, 9.17) is 0 Å². The molecular weight excluding hydrogens is 262 g/mol. The first-order valence-electron chi connectivity index (χ1n) is 6.58. The molecular formula is C12H17N5OS. The molecule has 3 rings (SSSR count). The van der Waals surface area contributed by atoms with Crippen LogP contribution >= 0.6 is 11.8 Å². The fraction of sp³-hybridized carbons (Fsp3) is 0.750. The average Bonchev–Trinajstić information content (AvgIpc) is 3.29. The summed E-state index contributed by atoms with van der Waals surface area (Å²) >= 11 is 1.47. The number of aromatic amines is 1. The summed E-state index contributed by atoms with van der Waals surface area (Å²) in [5.74, 6) is 1.09. The standard InChI is InChI=1S/C12H17N5OS/c1-17-10(18)15-16-11(17)19-7-12(6-13,8-2-3-8)14-9-4-5-9/h8-9,14H,2-5,7H2,1H3,(H,15,18). The van der Waals surface area contributed by atoms with Gasteiger partial charge in [-0.05, 0) is 31.6 Å². The Kier molecular flexibility index (Phi) is 3.15. The van der Waals surface area contributed by atoms with E-state index in [2.05, 4.69) is 21.6 Å². The molecule has 2 fully saturated rings. The lowest BCUT2D eigenvalue weighted by Crippen LogP contribution is -2.49. The molecule has 2 saturated carbocycles. The monoisotopic (exact) mass is 279 g/mol. The van der Waals surface area contributed by atoms with Crippen molar-refractivity contribution in [3.63, 3.8) is 0 Å². The highest BCUT2D eigenvalue weighted by molar-refractivity contribution is 7.99. The number of H-pyrrole nitrogens is 1. The van der Waals surface area contributed by atoms with Gasteiger partial charge in [0.15, 0.2) is 5.16 Å². The maximum absolute atomic E-state index is 11.3. The number of rotatable bonds is 6. The van der Waals surface area contributed by atoms with Crippen molar-refractivity contribution in [3.05, 3.63) is 10.5 Å². The van der Waals surface area contributed by atoms with Crippen LogP contribution in [-0.4, -0.2) is 32.1 Å². The van der Waals surface area contributed by atoms with Crippen LogP contribution in [0.2, 0.25) is 0 Å². The Morgan fingerprint density at radius 3 is 2.79 bits per heavy atom. The topological polar surface area (TPSA) is 86.5 Å². The number of thioether (sulfide) groups is 1. The first-order valence-corrected chi connectivity index (χ1v) is 7.56. The number of nitrogens with one attached hydrogen (secondary N) is 2. The van der Waals surface area contributed by atoms with Crippen LogP contribution in [0.25, 0.3) is 0 Å². The lowest BCUT2D eigenvalue weighted by Gasteiger charge is -2.27. The van der Waals surface area contributed by atoms with Gasteiger partial charge in [-0.2, -0.15) is 5.26 Å². The van der Waals surface area contributed by atoms with Gasteiger partial charge >= 0.3 is 5.69 Å². The summed E-state index contributed by atoms with van der Waals surface area (Å²) in [7, 11) is 1.69. The molecule has 1 heterocycles. The summed E-state index contributed by atoms with van der Waals surface area (Å²) < 4.78 is 1.48. The van der Waals surface area contributed by atoms with Crippen LogP contribution < -0.4 is 11.0 Å². The molecule has 0 amide bonds. The fourth-order valence-corrected chi connectivity index (χ4v) is 3.37. The van der Waals surface area contributed by atoms with Gasteiger partial charge < -0.3 is 0 Å². The number of hydrogen-bond donors (Lipinski definition) is 2. The van der Waals surface area contributed by atoms with Crippen LogP contribution in [0.1, 0.15) is 25.7 Å². The van der Waals surface area contributed by atoms with E-state index in [1.807, 2.05) is 0 Å². The van der Waals surface area contributed by atoms with Crippen molar-refractivity contribution >= 4 is 11.8 Å². The van der Waals surface area contributed by atoms with E-state index in [-0.39, 0.29) is 5.69 Å². The lowest BCUT2D eigenvalue weighted by molar-refractivity contribution is 0.401. The normalized spacial score (nSPS) is 21.9. The first-order chi connectivity index (χ1) is 9.14. The highest BCUT2D eigenvalue weighted by Crippen LogP contribution is 2.43. The summed E-state index contributed by atoms with van der Waals surface area (Å²) in [6.45, 7) is 0. The highest BCUT2D eigenvalue weighted by Gasteiger charge is 2.48. The molecule has 0 saturated heterocycles. The number of nitrogens with zero attached hydrogens (tertiary/aromatic N) is 3. The van der Waals surface area contributed by atoms with Gasteiger partial charge in [-0.3, -0.25) is 9.88 Å². The summed E-state index contributed by atoms with van der Waals surface area (Å²) in [6, 6.07) is 2.99. The molecule has 0 spiro atoms. The zero-order chi connectivity index (χ0) is 13.5. The van der Waals surface area contributed by atoms with Gasteiger partial charge in [0.1, 0.15) is 5.54 Å². The second-order valence-corrected chi connectivity index (χ2v) is 6.38. The summed E-state index contributed by atoms with van der Waals surface area (Å²) in [4.78, 5) is 11.3. The van der Waals surface area contributed by atoms with Crippen LogP contribution in [-0.2, 0) is 7.05 Å². The SMILES string of the molecule is Cn1c(SCC(C#N)(NC2CC2)C2CC2)n[nH]c1=O. The summed E-state index contributed by atoms with van der Waals surface area (Å²) in [6.07, 6.45) is 4.57. The molecule has 0 aromatic carbocycles. The minimum Gasteiger partial charge on any atom is -0.296 e. The van der Waals surface area contributed by atoms with Crippen molar-refractivity contribution in [1.82, 2.24) is 20.1 Å². The molecule has 1 atom stereocenters. The highest BCUT2D eigenvalue weighted by atomic mass is 32.2. The molecule has 0 bridgehead atoms. The van der Waals surface area contributed by atoms with Crippen LogP contribution in [0.15, 0.2) is 9.95 Å². The molecule has 102 valence electrons. The molecule has 19 heavy (non-hydrogen) atoms. The van der Waals surface area contributed by atoms with Crippen molar-refractivity contribution in [3.8, 4) is 6.07 Å². The fourth-order valence-electron chi connectivity index (χ4n) is 2.24. The zero-order valence-electron chi connectivity index (χ0n) is 10.8. The van der Waals surface area contributed by atoms with Crippen LogP contribution in [0.4, 0.5) is 0 Å². The van der Waals surface area contributed by atoms with Crippen molar-refractivity contribution < 1.29 is 0 Å². The maximum atomic E-state index is 11.3. The molecule has 1 aromatic rings. The summed E-state index contributed by atoms with van der Waals surface area (Å²) in [5.41, 5.74) is -0.674. The Balaban J connectivity index is 1.72. The molecule has 2 N–H and O–H groups in total. The minimum atomic E-state index is -0.458. The second kappa shape index (κ2) is 4.69. The molecule has 0 aliphatic heterocycles. The van der Waals surface area contributed by atoms with E-state index in [1.54, 1.807) is 7.05 Å². The van der Waals surface area contributed by atoms with Gasteiger partial charge in [0.2, 0.25) is 0 Å². The van der Waals surface area contributed by atoms with Gasteiger partial charge in [0, 0.05) is 18.8 Å². The maximum Gasteiger partial charge on any atom is 0.343 e. The number of nitriles is 1. The van der Waals surface area contributed by atoms with Crippen molar-refractivity contribution in [2.24, 2.45) is 13.0 Å². The Bertz CT molecular complexity index is 565. The molecule has 0 radical (unpaired) electrons. The van der Waals surface area contributed by atoms with Crippen LogP contribution in [0.5, 0.6) is 0 Å². The predicted octanol–water partition coefficient (Wildman–Crippen LogP) is 0.625. The zero-order valence-corrected chi connectivity index (χ0v) is 11.7. The third-order valence-electron chi connectivity index (χ3n) is 3.78. The van der Waals surface area contributed by atoms with Crippen molar-refractivity contribution in [2.75, 3.05) is 5.75 Å². The van der Waals surface area contributed by atoms with Crippen LogP contribution in [0, 0.1) is 17.2 Å². The molecule has 7 heteroatoms. The summed E-state index contributed by atoms with van der Waals surface area (Å²) in [5, 5.41) is 20.1. The Labute approximate surface area is 115 Å². The molecule has 2 aliphatic rings. The molecule has 1 aromatic heterocycles. The smallest absolute Gasteiger partial charge is 0.296 e. The van der Waals surface area contributed by atoms with Gasteiger partial charge in [-0.15, -0.1) is 5.10 Å². The third kappa shape index (κ3) is 2.55. The van der Waals surface area contributed by atoms with E-state index >= 15 is 0 Å².